The van der Waals surface area contributed by atoms with E-state index in [-0.39, 0.29) is 12.2 Å². The van der Waals surface area contributed by atoms with Crippen LogP contribution in [0.15, 0.2) is 10.9 Å². The van der Waals surface area contributed by atoms with Gasteiger partial charge < -0.3 is 10.1 Å². The number of nitrogens with one attached hydrogen (secondary N) is 1. The summed E-state index contributed by atoms with van der Waals surface area (Å²) in [7, 11) is 0. The molecule has 12 heavy (non-hydrogen) atoms. The number of rotatable bonds is 2. The molecule has 2 N–H and O–H groups in total. The zero-order valence-electron chi connectivity index (χ0n) is 7.35. The molecule has 0 saturated heterocycles. The molecule has 0 aromatic carbocycles. The Labute approximate surface area is 71.1 Å². The van der Waals surface area contributed by atoms with Crippen molar-refractivity contribution in [2.75, 3.05) is 6.61 Å². The first-order valence-corrected chi connectivity index (χ1v) is 3.95. The molecule has 0 unspecified atom stereocenters. The lowest BCUT2D eigenvalue weighted by molar-refractivity contribution is 0.298. The van der Waals surface area contributed by atoms with Gasteiger partial charge in [0.15, 0.2) is 0 Å². The normalized spacial score (nSPS) is 10.2. The third-order valence-corrected chi connectivity index (χ3v) is 1.98. The van der Waals surface area contributed by atoms with Gasteiger partial charge in [0.05, 0.1) is 0 Å². The van der Waals surface area contributed by atoms with Gasteiger partial charge in [-0.3, -0.25) is 4.79 Å². The second-order valence-corrected chi connectivity index (χ2v) is 2.91. The van der Waals surface area contributed by atoms with Crippen LogP contribution in [0.5, 0.6) is 0 Å². The van der Waals surface area contributed by atoms with E-state index < -0.39 is 0 Å². The summed E-state index contributed by atoms with van der Waals surface area (Å²) in [6, 6.07) is 1.90. The van der Waals surface area contributed by atoms with Crippen LogP contribution < -0.4 is 5.56 Å². The van der Waals surface area contributed by atoms with E-state index >= 15 is 0 Å². The average molecular weight is 167 g/mol. The van der Waals surface area contributed by atoms with Crippen molar-refractivity contribution < 1.29 is 5.11 Å². The number of aromatic amines is 1. The van der Waals surface area contributed by atoms with E-state index in [2.05, 4.69) is 4.98 Å². The van der Waals surface area contributed by atoms with Crippen molar-refractivity contribution in [2.24, 2.45) is 0 Å². The predicted octanol–water partition coefficient (Wildman–Crippen LogP) is 0.527. The van der Waals surface area contributed by atoms with E-state index in [1.165, 1.54) is 0 Å². The monoisotopic (exact) mass is 167 g/mol. The van der Waals surface area contributed by atoms with Crippen molar-refractivity contribution in [3.05, 3.63) is 33.2 Å². The highest BCUT2D eigenvalue weighted by molar-refractivity contribution is 5.23. The third-order valence-electron chi connectivity index (χ3n) is 1.98. The Kier molecular flexibility index (Phi) is 2.65. The molecule has 0 aliphatic rings. The predicted molar refractivity (Wildman–Crippen MR) is 47.3 cm³/mol. The zero-order chi connectivity index (χ0) is 9.14. The minimum absolute atomic E-state index is 0.0570. The summed E-state index contributed by atoms with van der Waals surface area (Å²) >= 11 is 0. The maximum absolute atomic E-state index is 11.2. The molecule has 1 aromatic rings. The molecular weight excluding hydrogens is 154 g/mol. The number of aryl methyl sites for hydroxylation is 1. The first-order chi connectivity index (χ1) is 5.65. The Morgan fingerprint density at radius 2 is 2.17 bits per heavy atom. The molecule has 0 spiro atoms. The topological polar surface area (TPSA) is 53.1 Å². The fraction of sp³-hybridized carbons (Fsp3) is 0.444. The number of pyridine rings is 1. The molecule has 0 atom stereocenters. The summed E-state index contributed by atoms with van der Waals surface area (Å²) in [4.78, 5) is 13.9. The van der Waals surface area contributed by atoms with Crippen molar-refractivity contribution in [2.45, 2.75) is 20.3 Å². The molecule has 3 nitrogen and oxygen atoms in total. The molecule has 3 heteroatoms. The van der Waals surface area contributed by atoms with Gasteiger partial charge in [0.25, 0.3) is 5.56 Å². The molecule has 0 radical (unpaired) electrons. The highest BCUT2D eigenvalue weighted by Gasteiger charge is 2.00. The van der Waals surface area contributed by atoms with Crippen LogP contribution >= 0.6 is 0 Å². The van der Waals surface area contributed by atoms with Gasteiger partial charge in [-0.1, -0.05) is 0 Å². The first kappa shape index (κ1) is 9.00. The van der Waals surface area contributed by atoms with Crippen LogP contribution in [0, 0.1) is 13.8 Å². The minimum atomic E-state index is -0.0570. The maximum Gasteiger partial charge on any atom is 0.251 e. The molecule has 0 bridgehead atoms. The standard InChI is InChI=1S/C9H13NO2/c1-6-5-8(3-4-11)10-9(12)7(6)2/h5,11H,3-4H2,1-2H3,(H,10,12). The quantitative estimate of drug-likeness (QED) is 0.675. The lowest BCUT2D eigenvalue weighted by Gasteiger charge is -2.02. The van der Waals surface area contributed by atoms with E-state index in [1.807, 2.05) is 13.0 Å². The van der Waals surface area contributed by atoms with E-state index in [0.29, 0.717) is 6.42 Å². The van der Waals surface area contributed by atoms with Crippen LogP contribution in [0.1, 0.15) is 16.8 Å². The first-order valence-electron chi connectivity index (χ1n) is 3.95. The highest BCUT2D eigenvalue weighted by atomic mass is 16.3. The fourth-order valence-electron chi connectivity index (χ4n) is 1.08. The molecule has 1 heterocycles. The molecule has 0 saturated carbocycles. The Morgan fingerprint density at radius 1 is 1.50 bits per heavy atom. The van der Waals surface area contributed by atoms with Crippen LogP contribution in [0.4, 0.5) is 0 Å². The maximum atomic E-state index is 11.2. The summed E-state index contributed by atoms with van der Waals surface area (Å²) < 4.78 is 0. The van der Waals surface area contributed by atoms with Gasteiger partial charge in [0.2, 0.25) is 0 Å². The number of aliphatic hydroxyl groups is 1. The number of hydrogen-bond donors (Lipinski definition) is 2. The summed E-state index contributed by atoms with van der Waals surface area (Å²) in [5.41, 5.74) is 2.46. The zero-order valence-corrected chi connectivity index (χ0v) is 7.35. The molecule has 0 amide bonds. The SMILES string of the molecule is Cc1cc(CCO)[nH]c(=O)c1C. The summed E-state index contributed by atoms with van der Waals surface area (Å²) in [5, 5.41) is 8.65. The molecular formula is C9H13NO2. The molecule has 0 aliphatic heterocycles. The second kappa shape index (κ2) is 3.54. The van der Waals surface area contributed by atoms with Crippen molar-refractivity contribution in [3.63, 3.8) is 0 Å². The number of aliphatic hydroxyl groups excluding tert-OH is 1. The minimum Gasteiger partial charge on any atom is -0.396 e. The summed E-state index contributed by atoms with van der Waals surface area (Å²) in [6.45, 7) is 3.75. The third kappa shape index (κ3) is 1.74. The van der Waals surface area contributed by atoms with Crippen molar-refractivity contribution in [3.8, 4) is 0 Å². The second-order valence-electron chi connectivity index (χ2n) is 2.91. The van der Waals surface area contributed by atoms with Crippen LogP contribution in [-0.2, 0) is 6.42 Å². The molecule has 1 aromatic heterocycles. The Hall–Kier alpha value is -1.09. The van der Waals surface area contributed by atoms with E-state index in [0.717, 1.165) is 16.8 Å². The summed E-state index contributed by atoms with van der Waals surface area (Å²) in [6.07, 6.45) is 0.510. The van der Waals surface area contributed by atoms with E-state index in [4.69, 9.17) is 5.11 Å². The largest absolute Gasteiger partial charge is 0.396 e. The van der Waals surface area contributed by atoms with Gasteiger partial charge >= 0.3 is 0 Å². The number of hydrogen-bond acceptors (Lipinski definition) is 2. The number of aromatic nitrogens is 1. The molecule has 0 fully saturated rings. The molecule has 0 aliphatic carbocycles. The van der Waals surface area contributed by atoms with Crippen LogP contribution in [-0.4, -0.2) is 16.7 Å². The van der Waals surface area contributed by atoms with Crippen molar-refractivity contribution >= 4 is 0 Å². The van der Waals surface area contributed by atoms with Crippen LogP contribution in [0.3, 0.4) is 0 Å². The van der Waals surface area contributed by atoms with Gasteiger partial charge in [0, 0.05) is 24.3 Å². The van der Waals surface area contributed by atoms with E-state index in [9.17, 15) is 4.79 Å². The van der Waals surface area contributed by atoms with Gasteiger partial charge in [-0.05, 0) is 25.5 Å². The van der Waals surface area contributed by atoms with Crippen molar-refractivity contribution in [1.82, 2.24) is 4.98 Å². The Morgan fingerprint density at radius 3 is 2.67 bits per heavy atom. The number of H-pyrrole nitrogens is 1. The van der Waals surface area contributed by atoms with E-state index in [1.54, 1.807) is 6.92 Å². The summed E-state index contributed by atoms with van der Waals surface area (Å²) in [5.74, 6) is 0. The van der Waals surface area contributed by atoms with Gasteiger partial charge in [-0.15, -0.1) is 0 Å². The van der Waals surface area contributed by atoms with Crippen molar-refractivity contribution in [1.29, 1.82) is 0 Å². The molecule has 66 valence electrons. The average Bonchev–Trinajstić information content (AvgIpc) is 2.01. The molecule has 1 rings (SSSR count). The van der Waals surface area contributed by atoms with Gasteiger partial charge in [0.1, 0.15) is 0 Å². The lowest BCUT2D eigenvalue weighted by Crippen LogP contribution is -2.14. The van der Waals surface area contributed by atoms with Gasteiger partial charge in [-0.25, -0.2) is 0 Å². The Balaban J connectivity index is 3.13. The lowest BCUT2D eigenvalue weighted by atomic mass is 10.1. The highest BCUT2D eigenvalue weighted by Crippen LogP contribution is 2.02. The Bertz CT molecular complexity index is 328. The van der Waals surface area contributed by atoms with Gasteiger partial charge in [-0.2, -0.15) is 0 Å². The smallest absolute Gasteiger partial charge is 0.251 e. The fourth-order valence-corrected chi connectivity index (χ4v) is 1.08. The van der Waals surface area contributed by atoms with Crippen LogP contribution in [0.25, 0.3) is 0 Å². The van der Waals surface area contributed by atoms with Crippen LogP contribution in [0.2, 0.25) is 0 Å².